The zero-order valence-electron chi connectivity index (χ0n) is 9.72. The summed E-state index contributed by atoms with van der Waals surface area (Å²) in [6.45, 7) is 2.07. The number of amides is 1. The lowest BCUT2D eigenvalue weighted by Gasteiger charge is -2.19. The molecule has 1 aromatic rings. The van der Waals surface area contributed by atoms with E-state index in [1.165, 1.54) is 11.2 Å². The standard InChI is InChI=1S/C12H15NO4/c1-2-16-11(14)8-13(9-5-6-9)12(15)10-4-3-7-17-10/h3-4,7,9H,2,5-6,8H2,1H3. The maximum Gasteiger partial charge on any atom is 0.325 e. The highest BCUT2D eigenvalue weighted by Gasteiger charge is 2.35. The van der Waals surface area contributed by atoms with Crippen molar-refractivity contribution in [1.82, 2.24) is 4.90 Å². The quantitative estimate of drug-likeness (QED) is 0.727. The van der Waals surface area contributed by atoms with Gasteiger partial charge in [0.2, 0.25) is 0 Å². The molecule has 2 rings (SSSR count). The summed E-state index contributed by atoms with van der Waals surface area (Å²) < 4.78 is 9.91. The van der Waals surface area contributed by atoms with Crippen LogP contribution in [0.2, 0.25) is 0 Å². The molecule has 17 heavy (non-hydrogen) atoms. The van der Waals surface area contributed by atoms with Crippen LogP contribution in [0.3, 0.4) is 0 Å². The van der Waals surface area contributed by atoms with E-state index in [0.717, 1.165) is 12.8 Å². The molecule has 1 fully saturated rings. The third kappa shape index (κ3) is 2.87. The van der Waals surface area contributed by atoms with Crippen LogP contribution < -0.4 is 0 Å². The van der Waals surface area contributed by atoms with Crippen LogP contribution in [0.25, 0.3) is 0 Å². The van der Waals surface area contributed by atoms with Crippen molar-refractivity contribution in [2.75, 3.05) is 13.2 Å². The molecule has 0 unspecified atom stereocenters. The maximum atomic E-state index is 12.1. The average Bonchev–Trinajstić information content (AvgIpc) is 3.00. The maximum absolute atomic E-state index is 12.1. The fourth-order valence-electron chi connectivity index (χ4n) is 1.64. The van der Waals surface area contributed by atoms with Crippen LogP contribution in [-0.2, 0) is 9.53 Å². The van der Waals surface area contributed by atoms with Gasteiger partial charge >= 0.3 is 5.97 Å². The van der Waals surface area contributed by atoms with Crippen molar-refractivity contribution >= 4 is 11.9 Å². The fraction of sp³-hybridized carbons (Fsp3) is 0.500. The van der Waals surface area contributed by atoms with E-state index in [-0.39, 0.29) is 30.2 Å². The largest absolute Gasteiger partial charge is 0.465 e. The smallest absolute Gasteiger partial charge is 0.325 e. The molecule has 1 amide bonds. The molecule has 1 aliphatic carbocycles. The van der Waals surface area contributed by atoms with Gasteiger partial charge in [-0.15, -0.1) is 0 Å². The molecule has 0 radical (unpaired) electrons. The number of nitrogens with zero attached hydrogens (tertiary/aromatic N) is 1. The molecule has 5 nitrogen and oxygen atoms in total. The van der Waals surface area contributed by atoms with Crippen LogP contribution in [0.5, 0.6) is 0 Å². The van der Waals surface area contributed by atoms with Gasteiger partial charge in [0.15, 0.2) is 5.76 Å². The molecule has 0 spiro atoms. The van der Waals surface area contributed by atoms with Crippen LogP contribution in [0, 0.1) is 0 Å². The summed E-state index contributed by atoms with van der Waals surface area (Å²) in [5, 5.41) is 0. The van der Waals surface area contributed by atoms with Gasteiger partial charge in [0.1, 0.15) is 6.54 Å². The molecule has 0 aliphatic heterocycles. The summed E-state index contributed by atoms with van der Waals surface area (Å²) in [6, 6.07) is 3.41. The number of carbonyl (C=O) groups excluding carboxylic acids is 2. The fourth-order valence-corrected chi connectivity index (χ4v) is 1.64. The van der Waals surface area contributed by atoms with Gasteiger partial charge in [-0.25, -0.2) is 0 Å². The van der Waals surface area contributed by atoms with Gasteiger partial charge in [-0.2, -0.15) is 0 Å². The summed E-state index contributed by atoms with van der Waals surface area (Å²) in [5.41, 5.74) is 0. The predicted molar refractivity (Wildman–Crippen MR) is 59.4 cm³/mol. The molecule has 1 saturated carbocycles. The van der Waals surface area contributed by atoms with Gasteiger partial charge < -0.3 is 14.1 Å². The molecule has 1 aliphatic rings. The lowest BCUT2D eigenvalue weighted by Crippen LogP contribution is -2.38. The highest BCUT2D eigenvalue weighted by atomic mass is 16.5. The number of ether oxygens (including phenoxy) is 1. The average molecular weight is 237 g/mol. The molecule has 1 heterocycles. The molecule has 92 valence electrons. The lowest BCUT2D eigenvalue weighted by atomic mass is 10.3. The van der Waals surface area contributed by atoms with Crippen molar-refractivity contribution in [3.8, 4) is 0 Å². The lowest BCUT2D eigenvalue weighted by molar-refractivity contribution is -0.144. The Hall–Kier alpha value is -1.78. The summed E-state index contributed by atoms with van der Waals surface area (Å²) >= 11 is 0. The highest BCUT2D eigenvalue weighted by Crippen LogP contribution is 2.28. The molecule has 0 N–H and O–H groups in total. The van der Waals surface area contributed by atoms with E-state index in [1.807, 2.05) is 0 Å². The summed E-state index contributed by atoms with van der Waals surface area (Å²) in [5.74, 6) is -0.356. The van der Waals surface area contributed by atoms with Crippen molar-refractivity contribution in [3.63, 3.8) is 0 Å². The van der Waals surface area contributed by atoms with E-state index < -0.39 is 0 Å². The van der Waals surface area contributed by atoms with Crippen LogP contribution in [0.4, 0.5) is 0 Å². The van der Waals surface area contributed by atoms with Crippen LogP contribution >= 0.6 is 0 Å². The Morgan fingerprint density at radius 2 is 2.29 bits per heavy atom. The zero-order valence-corrected chi connectivity index (χ0v) is 9.72. The Bertz CT molecular complexity index is 395. The topological polar surface area (TPSA) is 59.8 Å². The van der Waals surface area contributed by atoms with Gasteiger partial charge in [-0.1, -0.05) is 0 Å². The number of esters is 1. The molecule has 0 atom stereocenters. The van der Waals surface area contributed by atoms with Gasteiger partial charge in [-0.3, -0.25) is 9.59 Å². The zero-order chi connectivity index (χ0) is 12.3. The van der Waals surface area contributed by atoms with E-state index in [4.69, 9.17) is 9.15 Å². The number of hydrogen-bond acceptors (Lipinski definition) is 4. The third-order valence-electron chi connectivity index (χ3n) is 2.59. The van der Waals surface area contributed by atoms with Crippen LogP contribution in [-0.4, -0.2) is 36.0 Å². The van der Waals surface area contributed by atoms with Crippen LogP contribution in [0.1, 0.15) is 30.3 Å². The van der Waals surface area contributed by atoms with E-state index in [2.05, 4.69) is 0 Å². The molecular weight excluding hydrogens is 222 g/mol. The van der Waals surface area contributed by atoms with Gasteiger partial charge in [-0.05, 0) is 31.9 Å². The molecule has 5 heteroatoms. The van der Waals surface area contributed by atoms with Crippen molar-refractivity contribution in [2.45, 2.75) is 25.8 Å². The second kappa shape index (κ2) is 5.03. The Morgan fingerprint density at radius 3 is 2.82 bits per heavy atom. The second-order valence-electron chi connectivity index (χ2n) is 3.95. The van der Waals surface area contributed by atoms with Crippen molar-refractivity contribution < 1.29 is 18.7 Å². The second-order valence-corrected chi connectivity index (χ2v) is 3.95. The first-order valence-corrected chi connectivity index (χ1v) is 5.72. The Labute approximate surface area is 99.3 Å². The Balaban J connectivity index is 2.02. The summed E-state index contributed by atoms with van der Waals surface area (Å²) in [4.78, 5) is 25.0. The first-order valence-electron chi connectivity index (χ1n) is 5.72. The van der Waals surface area contributed by atoms with Crippen molar-refractivity contribution in [3.05, 3.63) is 24.2 Å². The number of hydrogen-bond donors (Lipinski definition) is 0. The monoisotopic (exact) mass is 237 g/mol. The molecule has 0 bridgehead atoms. The molecule has 1 aromatic heterocycles. The first kappa shape index (κ1) is 11.7. The Morgan fingerprint density at radius 1 is 1.53 bits per heavy atom. The minimum atomic E-state index is -0.376. The van der Waals surface area contributed by atoms with Gasteiger partial charge in [0.25, 0.3) is 5.91 Å². The van der Waals surface area contributed by atoms with E-state index >= 15 is 0 Å². The van der Waals surface area contributed by atoms with Crippen molar-refractivity contribution in [1.29, 1.82) is 0 Å². The molecular formula is C12H15NO4. The number of carbonyl (C=O) groups is 2. The van der Waals surface area contributed by atoms with E-state index in [0.29, 0.717) is 6.61 Å². The summed E-state index contributed by atoms with van der Waals surface area (Å²) in [7, 11) is 0. The molecule has 0 aromatic carbocycles. The van der Waals surface area contributed by atoms with Gasteiger partial charge in [0.05, 0.1) is 12.9 Å². The number of rotatable bonds is 5. The minimum absolute atomic E-state index is 0.00194. The number of furan rings is 1. The van der Waals surface area contributed by atoms with Crippen molar-refractivity contribution in [2.24, 2.45) is 0 Å². The third-order valence-corrected chi connectivity index (χ3v) is 2.59. The summed E-state index contributed by atoms with van der Waals surface area (Å²) in [6.07, 6.45) is 3.32. The first-order chi connectivity index (χ1) is 8.22. The SMILES string of the molecule is CCOC(=O)CN(C(=O)c1ccco1)C1CC1. The Kier molecular flexibility index (Phi) is 3.46. The van der Waals surface area contributed by atoms with Crippen LogP contribution in [0.15, 0.2) is 22.8 Å². The minimum Gasteiger partial charge on any atom is -0.465 e. The highest BCUT2D eigenvalue weighted by molar-refractivity contribution is 5.94. The van der Waals surface area contributed by atoms with E-state index in [1.54, 1.807) is 19.1 Å². The predicted octanol–water partition coefficient (Wildman–Crippen LogP) is 1.45. The normalized spacial score (nSPS) is 14.4. The van der Waals surface area contributed by atoms with Gasteiger partial charge in [0, 0.05) is 6.04 Å². The van der Waals surface area contributed by atoms with E-state index in [9.17, 15) is 9.59 Å². The molecule has 0 saturated heterocycles.